The van der Waals surface area contributed by atoms with Gasteiger partial charge in [0.05, 0.1) is 17.4 Å². The molecule has 1 N–H and O–H groups in total. The summed E-state index contributed by atoms with van der Waals surface area (Å²) in [5, 5.41) is 13.2. The second kappa shape index (κ2) is 10.9. The molecule has 1 aromatic heterocycles. The highest BCUT2D eigenvalue weighted by Crippen LogP contribution is 2.27. The molecule has 0 aliphatic heterocycles. The van der Waals surface area contributed by atoms with Crippen molar-refractivity contribution in [2.45, 2.75) is 31.8 Å². The number of carbonyl (C=O) groups is 1. The van der Waals surface area contributed by atoms with Crippen LogP contribution >= 0.6 is 35.0 Å². The minimum Gasteiger partial charge on any atom is -0.492 e. The summed E-state index contributed by atoms with van der Waals surface area (Å²) in [4.78, 5) is 12.4. The molecule has 0 saturated heterocycles. The number of amides is 1. The van der Waals surface area contributed by atoms with Crippen LogP contribution in [-0.2, 0) is 18.3 Å². The summed E-state index contributed by atoms with van der Waals surface area (Å²) in [7, 11) is 1.90. The van der Waals surface area contributed by atoms with Crippen LogP contribution in [0.25, 0.3) is 0 Å². The number of ether oxygens (including phenoxy) is 1. The number of thioether (sulfide) groups is 1. The van der Waals surface area contributed by atoms with Crippen molar-refractivity contribution in [3.05, 3.63) is 63.4 Å². The summed E-state index contributed by atoms with van der Waals surface area (Å²) in [5.74, 6) is 1.64. The van der Waals surface area contributed by atoms with Gasteiger partial charge >= 0.3 is 0 Å². The van der Waals surface area contributed by atoms with E-state index in [2.05, 4.69) is 15.5 Å². The predicted octanol–water partition coefficient (Wildman–Crippen LogP) is 5.48. The molecule has 0 unspecified atom stereocenters. The standard InChI is InChI=1S/C22H24Cl2N4O2S/c1-14-6-4-7-15(2)21(14)25-20(29)13-31-22-27-26-19(28(22)3)8-5-11-30-18-10-9-16(23)12-17(18)24/h4,6-7,9-10,12H,5,8,11,13H2,1-3H3,(H,25,29). The fourth-order valence-corrected chi connectivity index (χ4v) is 4.20. The highest BCUT2D eigenvalue weighted by molar-refractivity contribution is 7.99. The molecule has 0 aliphatic carbocycles. The number of nitrogens with zero attached hydrogens (tertiary/aromatic N) is 3. The van der Waals surface area contributed by atoms with Gasteiger partial charge < -0.3 is 14.6 Å². The summed E-state index contributed by atoms with van der Waals surface area (Å²) in [6.45, 7) is 4.46. The molecule has 164 valence electrons. The van der Waals surface area contributed by atoms with E-state index in [0.29, 0.717) is 34.0 Å². The molecule has 2 aromatic carbocycles. The van der Waals surface area contributed by atoms with E-state index in [9.17, 15) is 4.79 Å². The highest BCUT2D eigenvalue weighted by atomic mass is 35.5. The number of hydrogen-bond donors (Lipinski definition) is 1. The zero-order valence-electron chi connectivity index (χ0n) is 17.6. The largest absolute Gasteiger partial charge is 0.492 e. The van der Waals surface area contributed by atoms with Crippen molar-refractivity contribution in [2.75, 3.05) is 17.7 Å². The molecule has 0 aliphatic rings. The Morgan fingerprint density at radius 1 is 1.16 bits per heavy atom. The number of aromatic nitrogens is 3. The summed E-state index contributed by atoms with van der Waals surface area (Å²) >= 11 is 13.4. The zero-order valence-corrected chi connectivity index (χ0v) is 19.9. The van der Waals surface area contributed by atoms with Crippen molar-refractivity contribution in [2.24, 2.45) is 7.05 Å². The molecule has 31 heavy (non-hydrogen) atoms. The number of nitrogens with one attached hydrogen (secondary N) is 1. The van der Waals surface area contributed by atoms with Crippen molar-refractivity contribution in [1.82, 2.24) is 14.8 Å². The van der Waals surface area contributed by atoms with Gasteiger partial charge in [0.2, 0.25) is 5.91 Å². The van der Waals surface area contributed by atoms with Gasteiger partial charge in [0, 0.05) is 24.2 Å². The van der Waals surface area contributed by atoms with Crippen molar-refractivity contribution < 1.29 is 9.53 Å². The summed E-state index contributed by atoms with van der Waals surface area (Å²) in [5.41, 5.74) is 2.95. The van der Waals surface area contributed by atoms with Crippen molar-refractivity contribution >= 4 is 46.6 Å². The summed E-state index contributed by atoms with van der Waals surface area (Å²) in [6, 6.07) is 11.1. The molecule has 0 fully saturated rings. The maximum atomic E-state index is 12.4. The lowest BCUT2D eigenvalue weighted by Crippen LogP contribution is -2.16. The molecular weight excluding hydrogens is 455 g/mol. The lowest BCUT2D eigenvalue weighted by atomic mass is 10.1. The van der Waals surface area contributed by atoms with Crippen LogP contribution in [0.4, 0.5) is 5.69 Å². The number of carbonyl (C=O) groups excluding carboxylic acids is 1. The van der Waals surface area contributed by atoms with Gasteiger partial charge in [0.15, 0.2) is 5.16 Å². The van der Waals surface area contributed by atoms with Crippen LogP contribution < -0.4 is 10.1 Å². The molecule has 6 nitrogen and oxygen atoms in total. The number of rotatable bonds is 9. The number of benzene rings is 2. The normalized spacial score (nSPS) is 10.9. The van der Waals surface area contributed by atoms with Gasteiger partial charge in [0.1, 0.15) is 11.6 Å². The van der Waals surface area contributed by atoms with E-state index in [0.717, 1.165) is 29.1 Å². The van der Waals surface area contributed by atoms with Crippen LogP contribution in [0.5, 0.6) is 5.75 Å². The van der Waals surface area contributed by atoms with Gasteiger partial charge in [-0.2, -0.15) is 0 Å². The minimum absolute atomic E-state index is 0.0693. The van der Waals surface area contributed by atoms with Crippen molar-refractivity contribution in [1.29, 1.82) is 0 Å². The highest BCUT2D eigenvalue weighted by Gasteiger charge is 2.13. The van der Waals surface area contributed by atoms with E-state index in [1.54, 1.807) is 18.2 Å². The zero-order chi connectivity index (χ0) is 22.4. The number of halogens is 2. The number of para-hydroxylation sites is 1. The molecule has 3 rings (SSSR count). The van der Waals surface area contributed by atoms with Gasteiger partial charge in [-0.15, -0.1) is 10.2 Å². The SMILES string of the molecule is Cc1cccc(C)c1NC(=O)CSc1nnc(CCCOc2ccc(Cl)cc2Cl)n1C. The maximum absolute atomic E-state index is 12.4. The third kappa shape index (κ3) is 6.38. The van der Waals surface area contributed by atoms with E-state index < -0.39 is 0 Å². The smallest absolute Gasteiger partial charge is 0.234 e. The molecule has 9 heteroatoms. The van der Waals surface area contributed by atoms with Gasteiger partial charge in [-0.25, -0.2) is 0 Å². The van der Waals surface area contributed by atoms with Crippen LogP contribution in [0.15, 0.2) is 41.6 Å². The van der Waals surface area contributed by atoms with Crippen molar-refractivity contribution in [3.63, 3.8) is 0 Å². The monoisotopic (exact) mass is 478 g/mol. The third-order valence-corrected chi connectivity index (χ3v) is 6.25. The van der Waals surface area contributed by atoms with E-state index in [1.807, 2.05) is 43.7 Å². The topological polar surface area (TPSA) is 69.0 Å². The fraction of sp³-hybridized carbons (Fsp3) is 0.318. The maximum Gasteiger partial charge on any atom is 0.234 e. The summed E-state index contributed by atoms with van der Waals surface area (Å²) in [6.07, 6.45) is 1.45. The quantitative estimate of drug-likeness (QED) is 0.325. The van der Waals surface area contributed by atoms with Crippen LogP contribution in [0.1, 0.15) is 23.4 Å². The first kappa shape index (κ1) is 23.4. The first-order valence-corrected chi connectivity index (χ1v) is 11.5. The van der Waals surface area contributed by atoms with E-state index in [1.165, 1.54) is 11.8 Å². The van der Waals surface area contributed by atoms with Crippen LogP contribution in [-0.4, -0.2) is 33.0 Å². The lowest BCUT2D eigenvalue weighted by molar-refractivity contribution is -0.113. The lowest BCUT2D eigenvalue weighted by Gasteiger charge is -2.11. The molecule has 0 bridgehead atoms. The Hall–Kier alpha value is -2.22. The van der Waals surface area contributed by atoms with Crippen LogP contribution in [0, 0.1) is 13.8 Å². The predicted molar refractivity (Wildman–Crippen MR) is 127 cm³/mol. The van der Waals surface area contributed by atoms with Crippen LogP contribution in [0.2, 0.25) is 10.0 Å². The number of hydrogen-bond acceptors (Lipinski definition) is 5. The average molecular weight is 479 g/mol. The Bertz CT molecular complexity index is 1050. The van der Waals surface area contributed by atoms with Gasteiger partial charge in [0.25, 0.3) is 0 Å². The molecule has 0 atom stereocenters. The molecule has 1 heterocycles. The molecule has 0 saturated carbocycles. The first-order chi connectivity index (χ1) is 14.8. The Kier molecular flexibility index (Phi) is 8.23. The van der Waals surface area contributed by atoms with Crippen molar-refractivity contribution in [3.8, 4) is 5.75 Å². The second-order valence-corrected chi connectivity index (χ2v) is 8.87. The Balaban J connectivity index is 1.47. The molecule has 1 amide bonds. The van der Waals surface area contributed by atoms with Crippen LogP contribution in [0.3, 0.4) is 0 Å². The second-order valence-electron chi connectivity index (χ2n) is 7.09. The molecular formula is C22H24Cl2N4O2S. The number of aryl methyl sites for hydroxylation is 3. The van der Waals surface area contributed by atoms with Gasteiger partial charge in [-0.3, -0.25) is 4.79 Å². The number of anilines is 1. The third-order valence-electron chi connectivity index (χ3n) is 4.70. The van der Waals surface area contributed by atoms with Gasteiger partial charge in [-0.1, -0.05) is 53.2 Å². The average Bonchev–Trinajstić information content (AvgIpc) is 3.07. The Morgan fingerprint density at radius 2 is 1.90 bits per heavy atom. The van der Waals surface area contributed by atoms with E-state index >= 15 is 0 Å². The molecule has 3 aromatic rings. The van der Waals surface area contributed by atoms with Gasteiger partial charge in [-0.05, 0) is 49.6 Å². The van der Waals surface area contributed by atoms with E-state index in [4.69, 9.17) is 27.9 Å². The van der Waals surface area contributed by atoms with E-state index in [-0.39, 0.29) is 11.7 Å². The molecule has 0 spiro atoms. The Labute approximate surface area is 196 Å². The summed E-state index contributed by atoms with van der Waals surface area (Å²) < 4.78 is 7.62. The first-order valence-electron chi connectivity index (χ1n) is 9.80. The fourth-order valence-electron chi connectivity index (χ4n) is 3.01. The molecule has 0 radical (unpaired) electrons. The minimum atomic E-state index is -0.0693. The Morgan fingerprint density at radius 3 is 2.61 bits per heavy atom.